The molecule has 4 aliphatic rings. The van der Waals surface area contributed by atoms with Gasteiger partial charge >= 0.3 is 0 Å². The Morgan fingerprint density at radius 1 is 1.20 bits per heavy atom. The Kier molecular flexibility index (Phi) is 5.93. The third-order valence-electron chi connectivity index (χ3n) is 10.5. The summed E-state index contributed by atoms with van der Waals surface area (Å²) in [4.78, 5) is 0. The number of allylic oxidation sites excluding steroid dienone is 5. The van der Waals surface area contributed by atoms with E-state index < -0.39 is 0 Å². The molecule has 0 radical (unpaired) electrons. The zero-order chi connectivity index (χ0) is 21.8. The molecule has 0 amide bonds. The van der Waals surface area contributed by atoms with Gasteiger partial charge in [-0.1, -0.05) is 65.3 Å². The summed E-state index contributed by atoms with van der Waals surface area (Å²) in [6.07, 6.45) is 13.5. The Morgan fingerprint density at radius 2 is 1.93 bits per heavy atom. The van der Waals surface area contributed by atoms with E-state index in [1.807, 2.05) is 0 Å². The van der Waals surface area contributed by atoms with Crippen molar-refractivity contribution in [3.05, 3.63) is 34.9 Å². The molecular formula is C29H46O. The van der Waals surface area contributed by atoms with Gasteiger partial charge in [0.2, 0.25) is 0 Å². The van der Waals surface area contributed by atoms with Gasteiger partial charge in [-0.05, 0) is 109 Å². The summed E-state index contributed by atoms with van der Waals surface area (Å²) in [6, 6.07) is 0. The van der Waals surface area contributed by atoms with E-state index in [4.69, 9.17) is 0 Å². The summed E-state index contributed by atoms with van der Waals surface area (Å²) in [5.74, 6) is 3.44. The lowest BCUT2D eigenvalue weighted by atomic mass is 9.49. The number of fused-ring (bicyclic) bond motifs is 4. The van der Waals surface area contributed by atoms with Gasteiger partial charge in [0.15, 0.2) is 0 Å². The molecular weight excluding hydrogens is 364 g/mol. The van der Waals surface area contributed by atoms with Gasteiger partial charge in [-0.2, -0.15) is 0 Å². The number of hydrogen-bond donors (Lipinski definition) is 1. The Balaban J connectivity index is 1.57. The number of rotatable bonds is 5. The van der Waals surface area contributed by atoms with Crippen molar-refractivity contribution in [1.29, 1.82) is 0 Å². The molecule has 0 saturated heterocycles. The van der Waals surface area contributed by atoms with Gasteiger partial charge in [0.1, 0.15) is 0 Å². The second kappa shape index (κ2) is 7.95. The van der Waals surface area contributed by atoms with Crippen molar-refractivity contribution in [2.45, 2.75) is 105 Å². The van der Waals surface area contributed by atoms with Crippen LogP contribution >= 0.6 is 0 Å². The molecule has 4 rings (SSSR count). The van der Waals surface area contributed by atoms with Gasteiger partial charge in [-0.3, -0.25) is 0 Å². The number of hydrogen-bond acceptors (Lipinski definition) is 1. The first-order valence-electron chi connectivity index (χ1n) is 12.9. The Bertz CT molecular complexity index is 754. The third kappa shape index (κ3) is 3.39. The topological polar surface area (TPSA) is 20.2 Å². The lowest BCUT2D eigenvalue weighted by molar-refractivity contribution is -0.0177. The van der Waals surface area contributed by atoms with E-state index in [0.717, 1.165) is 24.7 Å². The summed E-state index contributed by atoms with van der Waals surface area (Å²) in [7, 11) is 0. The average Bonchev–Trinajstić information content (AvgIpc) is 3.04. The first-order chi connectivity index (χ1) is 14.1. The van der Waals surface area contributed by atoms with Crippen LogP contribution in [0.25, 0.3) is 0 Å². The molecule has 0 aromatic heterocycles. The smallest absolute Gasteiger partial charge is 0.0546 e. The highest BCUT2D eigenvalue weighted by Crippen LogP contribution is 2.65. The molecule has 0 spiro atoms. The fourth-order valence-corrected chi connectivity index (χ4v) is 8.07. The van der Waals surface area contributed by atoms with E-state index in [2.05, 4.69) is 54.2 Å². The van der Waals surface area contributed by atoms with Gasteiger partial charge in [-0.25, -0.2) is 0 Å². The predicted molar refractivity (Wildman–Crippen MR) is 128 cm³/mol. The molecule has 168 valence electrons. The average molecular weight is 411 g/mol. The van der Waals surface area contributed by atoms with Crippen molar-refractivity contribution in [3.8, 4) is 0 Å². The van der Waals surface area contributed by atoms with Crippen LogP contribution in [0.3, 0.4) is 0 Å². The molecule has 1 nitrogen and oxygen atoms in total. The summed E-state index contributed by atoms with van der Waals surface area (Å²) in [6.45, 7) is 18.9. The maximum atomic E-state index is 10.4. The van der Waals surface area contributed by atoms with Crippen LogP contribution in [0.1, 0.15) is 99.3 Å². The van der Waals surface area contributed by atoms with E-state index in [-0.39, 0.29) is 6.10 Å². The molecule has 7 atom stereocenters. The second-order valence-electron chi connectivity index (χ2n) is 12.2. The molecule has 0 aromatic carbocycles. The van der Waals surface area contributed by atoms with Crippen LogP contribution in [0, 0.1) is 40.4 Å². The molecule has 1 fully saturated rings. The minimum Gasteiger partial charge on any atom is -0.393 e. The van der Waals surface area contributed by atoms with Gasteiger partial charge in [0.05, 0.1) is 6.10 Å². The molecule has 1 unspecified atom stereocenters. The normalized spacial score (nSPS) is 41.8. The highest BCUT2D eigenvalue weighted by atomic mass is 16.3. The van der Waals surface area contributed by atoms with E-state index in [1.165, 1.54) is 50.5 Å². The first kappa shape index (κ1) is 22.4. The van der Waals surface area contributed by atoms with Crippen molar-refractivity contribution in [2.24, 2.45) is 40.4 Å². The van der Waals surface area contributed by atoms with E-state index in [9.17, 15) is 5.11 Å². The van der Waals surface area contributed by atoms with E-state index >= 15 is 0 Å². The van der Waals surface area contributed by atoms with Gasteiger partial charge in [0.25, 0.3) is 0 Å². The lowest BCUT2D eigenvalue weighted by Crippen LogP contribution is -2.48. The standard InChI is InChI=1S/C29H46O/c1-18(2)19(3)8-9-20(4)25-12-13-26-24-11-10-22-17-23(30)16-21(5)29(22,7)27(24)14-15-28(25,26)6/h13,18,20-23,25,30H,3,8-12,14-17H2,1-2,4-7H3/t20-,21?,22+,23+,25-,28-,29+/m1/s1. The summed E-state index contributed by atoms with van der Waals surface area (Å²) in [5, 5.41) is 10.4. The first-order valence-corrected chi connectivity index (χ1v) is 12.9. The fourth-order valence-electron chi connectivity index (χ4n) is 8.07. The summed E-state index contributed by atoms with van der Waals surface area (Å²) >= 11 is 0. The molecule has 30 heavy (non-hydrogen) atoms. The molecule has 0 aromatic rings. The van der Waals surface area contributed by atoms with Crippen molar-refractivity contribution < 1.29 is 5.11 Å². The van der Waals surface area contributed by atoms with Crippen molar-refractivity contribution in [1.82, 2.24) is 0 Å². The summed E-state index contributed by atoms with van der Waals surface area (Å²) < 4.78 is 0. The van der Waals surface area contributed by atoms with Crippen LogP contribution < -0.4 is 0 Å². The van der Waals surface area contributed by atoms with Crippen LogP contribution in [0.15, 0.2) is 34.9 Å². The minimum atomic E-state index is -0.0782. The molecule has 0 bridgehead atoms. The van der Waals surface area contributed by atoms with Crippen LogP contribution in [0.2, 0.25) is 0 Å². The van der Waals surface area contributed by atoms with E-state index in [1.54, 1.807) is 16.7 Å². The lowest BCUT2D eigenvalue weighted by Gasteiger charge is -2.56. The Morgan fingerprint density at radius 3 is 2.63 bits per heavy atom. The summed E-state index contributed by atoms with van der Waals surface area (Å²) in [5.41, 5.74) is 7.40. The Hall–Kier alpha value is -0.820. The van der Waals surface area contributed by atoms with Crippen molar-refractivity contribution in [3.63, 3.8) is 0 Å². The third-order valence-corrected chi connectivity index (χ3v) is 10.5. The van der Waals surface area contributed by atoms with Crippen LogP contribution in [0.5, 0.6) is 0 Å². The highest BCUT2D eigenvalue weighted by molar-refractivity contribution is 5.49. The Labute approximate surface area is 186 Å². The maximum Gasteiger partial charge on any atom is 0.0546 e. The molecule has 1 heteroatoms. The zero-order valence-electron chi connectivity index (χ0n) is 20.6. The molecule has 1 N–H and O–H groups in total. The molecule has 1 saturated carbocycles. The van der Waals surface area contributed by atoms with Gasteiger partial charge in [0, 0.05) is 0 Å². The predicted octanol–water partition coefficient (Wildman–Crippen LogP) is 7.87. The monoisotopic (exact) mass is 410 g/mol. The van der Waals surface area contributed by atoms with Crippen LogP contribution in [0.4, 0.5) is 0 Å². The largest absolute Gasteiger partial charge is 0.393 e. The quantitative estimate of drug-likeness (QED) is 0.457. The fraction of sp³-hybridized carbons (Fsp3) is 0.793. The van der Waals surface area contributed by atoms with Crippen molar-refractivity contribution >= 4 is 0 Å². The molecule has 0 aliphatic heterocycles. The highest BCUT2D eigenvalue weighted by Gasteiger charge is 2.54. The second-order valence-corrected chi connectivity index (χ2v) is 12.2. The SMILES string of the molecule is C=C(CC[C@@H](C)[C@H]1CC=C2C3=C(CC[C@@]21C)[C@@]1(C)C(C)C[C@H](O)C[C@@H]1CC3)C(C)C. The zero-order valence-corrected chi connectivity index (χ0v) is 20.6. The number of aliphatic hydroxyl groups excluding tert-OH is 1. The van der Waals surface area contributed by atoms with Crippen molar-refractivity contribution in [2.75, 3.05) is 0 Å². The molecule has 0 heterocycles. The number of aliphatic hydroxyl groups is 1. The maximum absolute atomic E-state index is 10.4. The molecule has 4 aliphatic carbocycles. The minimum absolute atomic E-state index is 0.0782. The van der Waals surface area contributed by atoms with Gasteiger partial charge < -0.3 is 5.11 Å². The van der Waals surface area contributed by atoms with Crippen LogP contribution in [-0.4, -0.2) is 11.2 Å². The van der Waals surface area contributed by atoms with E-state index in [0.29, 0.717) is 28.6 Å². The van der Waals surface area contributed by atoms with Crippen LogP contribution in [-0.2, 0) is 0 Å². The van der Waals surface area contributed by atoms with Gasteiger partial charge in [-0.15, -0.1) is 0 Å².